The van der Waals surface area contributed by atoms with Crippen LogP contribution in [0.1, 0.15) is 36.8 Å². The number of carbonyl (C=O) groups excluding carboxylic acids is 1. The van der Waals surface area contributed by atoms with Gasteiger partial charge in [-0.1, -0.05) is 18.2 Å². The lowest BCUT2D eigenvalue weighted by atomic mass is 9.99. The number of hydrogen-bond acceptors (Lipinski definition) is 6. The van der Waals surface area contributed by atoms with Crippen molar-refractivity contribution >= 4 is 50.6 Å². The van der Waals surface area contributed by atoms with Gasteiger partial charge in [-0.25, -0.2) is 9.59 Å². The number of rotatable bonds is 6. The number of thiophene rings is 1. The molecule has 0 unspecified atom stereocenters. The Hall–Kier alpha value is -3.43. The fourth-order valence-electron chi connectivity index (χ4n) is 4.93. The number of hydrogen-bond donors (Lipinski definition) is 3. The van der Waals surface area contributed by atoms with E-state index in [0.29, 0.717) is 6.42 Å². The highest BCUT2D eigenvalue weighted by molar-refractivity contribution is 7.17. The van der Waals surface area contributed by atoms with Crippen molar-refractivity contribution in [3.05, 3.63) is 59.0 Å². The molecule has 0 bridgehead atoms. The van der Waals surface area contributed by atoms with Gasteiger partial charge in [0.05, 0.1) is 0 Å². The fourth-order valence-corrected chi connectivity index (χ4v) is 5.74. The Kier molecular flexibility index (Phi) is 9.14. The average molecular weight is 524 g/mol. The number of unbranched alkanes of at least 4 members (excludes halogenated alkanes) is 1. The highest BCUT2D eigenvalue weighted by Gasteiger charge is 2.17. The molecular weight excluding hydrogens is 490 g/mol. The third-order valence-corrected chi connectivity index (χ3v) is 7.73. The van der Waals surface area contributed by atoms with E-state index in [1.165, 1.54) is 59.3 Å². The van der Waals surface area contributed by atoms with Crippen LogP contribution >= 0.6 is 11.3 Å². The second-order valence-electron chi connectivity index (χ2n) is 9.40. The van der Waals surface area contributed by atoms with Gasteiger partial charge in [0.2, 0.25) is 5.91 Å². The fraction of sp³-hybridized carbons (Fsp3) is 0.393. The van der Waals surface area contributed by atoms with E-state index in [9.17, 15) is 4.79 Å². The Morgan fingerprint density at radius 2 is 1.78 bits per heavy atom. The average Bonchev–Trinajstić information content (AvgIpc) is 3.25. The lowest BCUT2D eigenvalue weighted by Gasteiger charge is -2.24. The summed E-state index contributed by atoms with van der Waals surface area (Å²) in [4.78, 5) is 35.1. The number of benzene rings is 2. The Labute approximate surface area is 220 Å². The minimum Gasteiger partial charge on any atom is -0.473 e. The van der Waals surface area contributed by atoms with Gasteiger partial charge in [-0.2, -0.15) is 0 Å². The van der Waals surface area contributed by atoms with Crippen molar-refractivity contribution in [3.8, 4) is 0 Å². The van der Waals surface area contributed by atoms with E-state index in [1.54, 1.807) is 0 Å². The molecule has 2 aromatic carbocycles. The SMILES string of the molecule is O=C(O)C(=O)O.O=C1CCc2ccc(CCCCN3CCCN(c4cccc5sccc45)CC3)cc2N1. The standard InChI is InChI=1S/C26H31N3OS.C2H2O4/c30-26-11-10-21-9-8-20(19-23(21)27-26)5-1-2-13-28-14-4-15-29(17-16-28)24-6-3-7-25-22(24)12-18-31-25;3-1(4)2(5)6/h3,6-9,12,18-19H,1-2,4-5,10-11,13-17H2,(H,27,30);(H,3,4)(H,5,6). The first kappa shape index (κ1) is 26.6. The molecule has 9 heteroatoms. The van der Waals surface area contributed by atoms with E-state index in [4.69, 9.17) is 19.8 Å². The van der Waals surface area contributed by atoms with Crippen molar-refractivity contribution in [2.24, 2.45) is 0 Å². The van der Waals surface area contributed by atoms with Crippen molar-refractivity contribution in [2.75, 3.05) is 42.9 Å². The van der Waals surface area contributed by atoms with Crippen LogP contribution in [-0.2, 0) is 27.2 Å². The maximum atomic E-state index is 11.6. The molecule has 5 rings (SSSR count). The van der Waals surface area contributed by atoms with Gasteiger partial charge in [-0.15, -0.1) is 11.3 Å². The molecule has 3 aromatic rings. The van der Waals surface area contributed by atoms with Crippen LogP contribution in [0.2, 0.25) is 0 Å². The zero-order chi connectivity index (χ0) is 26.2. The molecule has 0 saturated carbocycles. The topological polar surface area (TPSA) is 110 Å². The number of aryl methyl sites for hydroxylation is 2. The molecule has 0 aliphatic carbocycles. The van der Waals surface area contributed by atoms with E-state index < -0.39 is 11.9 Å². The molecule has 1 fully saturated rings. The van der Waals surface area contributed by atoms with Crippen LogP contribution in [0, 0.1) is 0 Å². The molecule has 1 aromatic heterocycles. The van der Waals surface area contributed by atoms with Crippen LogP contribution in [0.15, 0.2) is 47.8 Å². The summed E-state index contributed by atoms with van der Waals surface area (Å²) >= 11 is 1.83. The van der Waals surface area contributed by atoms with E-state index in [-0.39, 0.29) is 5.91 Å². The van der Waals surface area contributed by atoms with Crippen LogP contribution in [0.25, 0.3) is 10.1 Å². The number of amides is 1. The zero-order valence-electron chi connectivity index (χ0n) is 20.8. The van der Waals surface area contributed by atoms with Gasteiger partial charge in [0.1, 0.15) is 0 Å². The van der Waals surface area contributed by atoms with Crippen LogP contribution in [0.4, 0.5) is 11.4 Å². The maximum Gasteiger partial charge on any atom is 0.414 e. The van der Waals surface area contributed by atoms with Crippen molar-refractivity contribution in [1.82, 2.24) is 4.90 Å². The van der Waals surface area contributed by atoms with Crippen LogP contribution < -0.4 is 10.2 Å². The third-order valence-electron chi connectivity index (χ3n) is 6.84. The first-order valence-corrected chi connectivity index (χ1v) is 13.6. The zero-order valence-corrected chi connectivity index (χ0v) is 21.6. The lowest BCUT2D eigenvalue weighted by Crippen LogP contribution is -2.31. The molecule has 37 heavy (non-hydrogen) atoms. The number of nitrogens with one attached hydrogen (secondary N) is 1. The van der Waals surface area contributed by atoms with Gasteiger partial charge in [0.25, 0.3) is 0 Å². The number of carbonyl (C=O) groups is 3. The molecule has 1 saturated heterocycles. The number of carboxylic acid groups (broad SMARTS) is 2. The minimum absolute atomic E-state index is 0.148. The molecule has 8 nitrogen and oxygen atoms in total. The van der Waals surface area contributed by atoms with E-state index in [2.05, 4.69) is 63.0 Å². The number of aliphatic carboxylic acids is 2. The predicted molar refractivity (Wildman–Crippen MR) is 147 cm³/mol. The summed E-state index contributed by atoms with van der Waals surface area (Å²) in [6, 6.07) is 15.6. The van der Waals surface area contributed by atoms with E-state index >= 15 is 0 Å². The first-order chi connectivity index (χ1) is 17.9. The number of anilines is 2. The Bertz CT molecular complexity index is 1250. The van der Waals surface area contributed by atoms with Gasteiger partial charge < -0.3 is 25.3 Å². The van der Waals surface area contributed by atoms with Crippen LogP contribution in [-0.4, -0.2) is 65.7 Å². The highest BCUT2D eigenvalue weighted by atomic mass is 32.1. The van der Waals surface area contributed by atoms with Crippen molar-refractivity contribution in [2.45, 2.75) is 38.5 Å². The molecule has 2 aliphatic rings. The van der Waals surface area contributed by atoms with Crippen molar-refractivity contribution in [3.63, 3.8) is 0 Å². The minimum atomic E-state index is -1.82. The summed E-state index contributed by atoms with van der Waals surface area (Å²) in [5.74, 6) is -3.50. The monoisotopic (exact) mass is 523 g/mol. The molecule has 3 heterocycles. The largest absolute Gasteiger partial charge is 0.473 e. The summed E-state index contributed by atoms with van der Waals surface area (Å²) in [5, 5.41) is 21.4. The number of fused-ring (bicyclic) bond motifs is 2. The quantitative estimate of drug-likeness (QED) is 0.323. The Balaban J connectivity index is 0.000000480. The molecule has 196 valence electrons. The van der Waals surface area contributed by atoms with Crippen LogP contribution in [0.3, 0.4) is 0 Å². The van der Waals surface area contributed by atoms with Crippen molar-refractivity contribution < 1.29 is 24.6 Å². The van der Waals surface area contributed by atoms with E-state index in [1.807, 2.05) is 11.3 Å². The highest BCUT2D eigenvalue weighted by Crippen LogP contribution is 2.31. The Morgan fingerprint density at radius 3 is 2.59 bits per heavy atom. The third kappa shape index (κ3) is 7.30. The lowest BCUT2D eigenvalue weighted by molar-refractivity contribution is -0.159. The molecule has 2 aliphatic heterocycles. The molecule has 0 radical (unpaired) electrons. The second kappa shape index (κ2) is 12.7. The molecular formula is C28H33N3O5S. The predicted octanol–water partition coefficient (Wildman–Crippen LogP) is 4.48. The summed E-state index contributed by atoms with van der Waals surface area (Å²) in [5.41, 5.74) is 5.05. The number of nitrogens with zero attached hydrogens (tertiary/aromatic N) is 2. The Morgan fingerprint density at radius 1 is 0.946 bits per heavy atom. The normalized spacial score (nSPS) is 15.8. The summed E-state index contributed by atoms with van der Waals surface area (Å²) in [7, 11) is 0. The number of carboxylic acids is 2. The summed E-state index contributed by atoms with van der Waals surface area (Å²) in [6.07, 6.45) is 6.22. The van der Waals surface area contributed by atoms with Gasteiger partial charge >= 0.3 is 11.9 Å². The van der Waals surface area contributed by atoms with Gasteiger partial charge in [0, 0.05) is 47.5 Å². The maximum absolute atomic E-state index is 11.6. The summed E-state index contributed by atoms with van der Waals surface area (Å²) in [6.45, 7) is 5.77. The van der Waals surface area contributed by atoms with Gasteiger partial charge in [-0.05, 0) is 86.0 Å². The van der Waals surface area contributed by atoms with Gasteiger partial charge in [-0.3, -0.25) is 4.79 Å². The molecule has 3 N–H and O–H groups in total. The molecule has 0 atom stereocenters. The second-order valence-corrected chi connectivity index (χ2v) is 10.3. The first-order valence-electron chi connectivity index (χ1n) is 12.7. The van der Waals surface area contributed by atoms with Gasteiger partial charge in [0.15, 0.2) is 0 Å². The van der Waals surface area contributed by atoms with Crippen LogP contribution in [0.5, 0.6) is 0 Å². The molecule has 1 amide bonds. The van der Waals surface area contributed by atoms with E-state index in [0.717, 1.165) is 38.2 Å². The molecule has 0 spiro atoms. The summed E-state index contributed by atoms with van der Waals surface area (Å²) < 4.78 is 1.39. The van der Waals surface area contributed by atoms with Crippen molar-refractivity contribution in [1.29, 1.82) is 0 Å². The smallest absolute Gasteiger partial charge is 0.414 e.